The maximum atomic E-state index is 13.1. The van der Waals surface area contributed by atoms with Gasteiger partial charge in [0.1, 0.15) is 0 Å². The lowest BCUT2D eigenvalue weighted by molar-refractivity contribution is 0.0985. The highest BCUT2D eigenvalue weighted by molar-refractivity contribution is 6.07. The molecule has 0 spiro atoms. The van der Waals surface area contributed by atoms with E-state index in [0.717, 1.165) is 30.8 Å². The van der Waals surface area contributed by atoms with Crippen LogP contribution in [-0.4, -0.2) is 31.6 Å². The van der Waals surface area contributed by atoms with Crippen molar-refractivity contribution in [1.29, 1.82) is 0 Å². The number of benzene rings is 2. The van der Waals surface area contributed by atoms with Gasteiger partial charge in [-0.3, -0.25) is 9.69 Å². The van der Waals surface area contributed by atoms with E-state index in [1.165, 1.54) is 16.7 Å². The fraction of sp³-hybridized carbons (Fsp3) is 0.333. The number of carbonyl (C=O) groups is 2. The third-order valence-electron chi connectivity index (χ3n) is 5.22. The van der Waals surface area contributed by atoms with Gasteiger partial charge in [0.25, 0.3) is 5.91 Å². The monoisotopic (exact) mass is 349 g/mol. The lowest BCUT2D eigenvalue weighted by atomic mass is 9.94. The molecule has 26 heavy (non-hydrogen) atoms. The topological polar surface area (TPSA) is 52.7 Å². The first-order valence-electron chi connectivity index (χ1n) is 9.12. The van der Waals surface area contributed by atoms with Crippen molar-refractivity contribution in [2.24, 2.45) is 0 Å². The van der Waals surface area contributed by atoms with Gasteiger partial charge >= 0.3 is 6.03 Å². The first kappa shape index (κ1) is 16.6. The van der Waals surface area contributed by atoms with Crippen molar-refractivity contribution in [3.05, 3.63) is 58.7 Å². The summed E-state index contributed by atoms with van der Waals surface area (Å²) >= 11 is 0. The molecule has 2 aromatic carbocycles. The Kier molecular flexibility index (Phi) is 4.15. The molecule has 134 valence electrons. The number of carbonyl (C=O) groups excluding carboxylic acids is 2. The Morgan fingerprint density at radius 1 is 1.08 bits per heavy atom. The highest BCUT2D eigenvalue weighted by Crippen LogP contribution is 2.32. The summed E-state index contributed by atoms with van der Waals surface area (Å²) in [5.74, 6) is 0.0216. The molecule has 0 saturated carbocycles. The summed E-state index contributed by atoms with van der Waals surface area (Å²) in [6.07, 6.45) is 2.00. The molecular formula is C21H23N3O2. The van der Waals surface area contributed by atoms with Gasteiger partial charge in [0.2, 0.25) is 0 Å². The van der Waals surface area contributed by atoms with Crippen molar-refractivity contribution >= 4 is 23.3 Å². The van der Waals surface area contributed by atoms with Crippen LogP contribution in [0.4, 0.5) is 16.2 Å². The van der Waals surface area contributed by atoms with Gasteiger partial charge in [-0.05, 0) is 73.7 Å². The number of hydrogen-bond acceptors (Lipinski definition) is 2. The molecule has 0 atom stereocenters. The molecule has 2 aliphatic rings. The number of hydrogen-bond donors (Lipinski definition) is 1. The number of fused-ring (bicyclic) bond motifs is 1. The van der Waals surface area contributed by atoms with Gasteiger partial charge in [0, 0.05) is 36.6 Å². The number of urea groups is 1. The van der Waals surface area contributed by atoms with E-state index in [-0.39, 0.29) is 11.9 Å². The van der Waals surface area contributed by atoms with Crippen LogP contribution in [0.5, 0.6) is 0 Å². The smallest absolute Gasteiger partial charge is 0.321 e. The van der Waals surface area contributed by atoms with Crippen LogP contribution in [0.15, 0.2) is 36.4 Å². The summed E-state index contributed by atoms with van der Waals surface area (Å²) in [4.78, 5) is 28.5. The van der Waals surface area contributed by atoms with Crippen LogP contribution in [0.1, 0.15) is 33.5 Å². The minimum atomic E-state index is -0.0833. The molecule has 4 rings (SSSR count). The number of nitrogens with zero attached hydrogens (tertiary/aromatic N) is 2. The van der Waals surface area contributed by atoms with Crippen molar-refractivity contribution in [2.75, 3.05) is 29.4 Å². The minimum Gasteiger partial charge on any atom is -0.336 e. The average Bonchev–Trinajstić information content (AvgIpc) is 3.07. The summed E-state index contributed by atoms with van der Waals surface area (Å²) in [7, 11) is 0. The molecule has 0 aliphatic carbocycles. The summed E-state index contributed by atoms with van der Waals surface area (Å²) < 4.78 is 0. The van der Waals surface area contributed by atoms with Crippen molar-refractivity contribution < 1.29 is 9.59 Å². The van der Waals surface area contributed by atoms with Crippen LogP contribution >= 0.6 is 0 Å². The molecule has 1 saturated heterocycles. The molecule has 3 amide bonds. The number of aryl methyl sites for hydroxylation is 2. The van der Waals surface area contributed by atoms with E-state index < -0.39 is 0 Å². The number of anilines is 2. The first-order valence-corrected chi connectivity index (χ1v) is 9.12. The van der Waals surface area contributed by atoms with Crippen LogP contribution in [0.3, 0.4) is 0 Å². The van der Waals surface area contributed by atoms with E-state index >= 15 is 0 Å². The van der Waals surface area contributed by atoms with E-state index in [1.807, 2.05) is 29.2 Å². The zero-order valence-corrected chi connectivity index (χ0v) is 15.2. The molecule has 2 aliphatic heterocycles. The third kappa shape index (κ3) is 2.83. The molecule has 1 N–H and O–H groups in total. The van der Waals surface area contributed by atoms with Gasteiger partial charge in [-0.2, -0.15) is 0 Å². The van der Waals surface area contributed by atoms with E-state index in [2.05, 4.69) is 31.3 Å². The molecule has 2 aromatic rings. The van der Waals surface area contributed by atoms with Gasteiger partial charge in [-0.1, -0.05) is 6.07 Å². The Morgan fingerprint density at radius 3 is 2.54 bits per heavy atom. The predicted molar refractivity (Wildman–Crippen MR) is 103 cm³/mol. The SMILES string of the molecule is Cc1cc(C)c2c(c1)N(C(=O)c1ccc(N3CCNC3=O)cc1)CCC2. The Bertz CT molecular complexity index is 874. The lowest BCUT2D eigenvalue weighted by Crippen LogP contribution is -2.36. The highest BCUT2D eigenvalue weighted by atomic mass is 16.2. The minimum absolute atomic E-state index is 0.0216. The number of nitrogens with one attached hydrogen (secondary N) is 1. The van der Waals surface area contributed by atoms with E-state index in [1.54, 1.807) is 4.90 Å². The maximum absolute atomic E-state index is 13.1. The molecule has 0 radical (unpaired) electrons. The van der Waals surface area contributed by atoms with Crippen LogP contribution < -0.4 is 15.1 Å². The van der Waals surface area contributed by atoms with Crippen molar-refractivity contribution in [3.8, 4) is 0 Å². The number of amides is 3. The van der Waals surface area contributed by atoms with Crippen LogP contribution in [-0.2, 0) is 6.42 Å². The first-order chi connectivity index (χ1) is 12.5. The maximum Gasteiger partial charge on any atom is 0.321 e. The predicted octanol–water partition coefficient (Wildman–Crippen LogP) is 3.43. The van der Waals surface area contributed by atoms with Gasteiger partial charge < -0.3 is 10.2 Å². The highest BCUT2D eigenvalue weighted by Gasteiger charge is 2.26. The lowest BCUT2D eigenvalue weighted by Gasteiger charge is -2.31. The third-order valence-corrected chi connectivity index (χ3v) is 5.22. The molecule has 5 heteroatoms. The van der Waals surface area contributed by atoms with E-state index in [9.17, 15) is 9.59 Å². The summed E-state index contributed by atoms with van der Waals surface area (Å²) in [5, 5.41) is 2.79. The fourth-order valence-electron chi connectivity index (χ4n) is 3.94. The summed E-state index contributed by atoms with van der Waals surface area (Å²) in [6.45, 7) is 6.24. The molecule has 0 unspecified atom stereocenters. The van der Waals surface area contributed by atoms with Crippen LogP contribution in [0.2, 0.25) is 0 Å². The second kappa shape index (κ2) is 6.48. The van der Waals surface area contributed by atoms with E-state index in [0.29, 0.717) is 18.7 Å². The molecule has 0 bridgehead atoms. The van der Waals surface area contributed by atoms with Crippen molar-refractivity contribution in [2.45, 2.75) is 26.7 Å². The van der Waals surface area contributed by atoms with Crippen molar-refractivity contribution in [3.63, 3.8) is 0 Å². The molecule has 1 fully saturated rings. The van der Waals surface area contributed by atoms with Crippen LogP contribution in [0.25, 0.3) is 0 Å². The molecular weight excluding hydrogens is 326 g/mol. The van der Waals surface area contributed by atoms with Gasteiger partial charge in [-0.15, -0.1) is 0 Å². The quantitative estimate of drug-likeness (QED) is 0.903. The van der Waals surface area contributed by atoms with Crippen molar-refractivity contribution in [1.82, 2.24) is 5.32 Å². The Hall–Kier alpha value is -2.82. The van der Waals surface area contributed by atoms with Gasteiger partial charge in [0.05, 0.1) is 0 Å². The second-order valence-electron chi connectivity index (χ2n) is 7.07. The zero-order chi connectivity index (χ0) is 18.3. The van der Waals surface area contributed by atoms with Gasteiger partial charge in [-0.25, -0.2) is 4.79 Å². The van der Waals surface area contributed by atoms with Gasteiger partial charge in [0.15, 0.2) is 0 Å². The molecule has 5 nitrogen and oxygen atoms in total. The van der Waals surface area contributed by atoms with Crippen LogP contribution in [0, 0.1) is 13.8 Å². The molecule has 0 aromatic heterocycles. The summed E-state index contributed by atoms with van der Waals surface area (Å²) in [5.41, 5.74) is 6.23. The second-order valence-corrected chi connectivity index (χ2v) is 7.07. The van der Waals surface area contributed by atoms with E-state index in [4.69, 9.17) is 0 Å². The Labute approximate surface area is 153 Å². The average molecular weight is 349 g/mol. The normalized spacial score (nSPS) is 16.5. The summed E-state index contributed by atoms with van der Waals surface area (Å²) in [6, 6.07) is 11.6. The fourth-order valence-corrected chi connectivity index (χ4v) is 3.94. The Morgan fingerprint density at radius 2 is 1.85 bits per heavy atom. The zero-order valence-electron chi connectivity index (χ0n) is 15.2. The largest absolute Gasteiger partial charge is 0.336 e. The standard InChI is InChI=1S/C21H23N3O2/c1-14-12-15(2)18-4-3-10-24(19(18)13-14)20(25)16-5-7-17(8-6-16)23-11-9-22-21(23)26/h5-8,12-13H,3-4,9-11H2,1-2H3,(H,22,26). The number of rotatable bonds is 2. The molecule has 2 heterocycles. The Balaban J connectivity index is 1.62.